The lowest BCUT2D eigenvalue weighted by molar-refractivity contribution is -0.268. The highest BCUT2D eigenvalue weighted by molar-refractivity contribution is 5.91. The van der Waals surface area contributed by atoms with E-state index in [1.165, 1.54) is 32.9 Å². The smallest absolute Gasteiger partial charge is 0.239 e. The monoisotopic (exact) mass is 699 g/mol. The minimum Gasteiger partial charge on any atom is -0.507 e. The zero-order valence-electron chi connectivity index (χ0n) is 29.1. The van der Waals surface area contributed by atoms with Gasteiger partial charge in [0.15, 0.2) is 5.76 Å². The molecular formula is C37H49NO12. The van der Waals surface area contributed by atoms with Gasteiger partial charge in [-0.3, -0.25) is 4.79 Å². The molecule has 2 aliphatic rings. The zero-order chi connectivity index (χ0) is 35.8. The SMILES string of the molecule is COc1ccc(-c2oc3c(CC=C(C)C)c(OCCOCCOCCN4CCCC4)cc(O)c3c(=O)c2O[C@H]2O[C@H](C)[C@@H](O)[C@H](O)[C@@H]2O)cc1. The van der Waals surface area contributed by atoms with Crippen molar-refractivity contribution in [3.05, 3.63) is 57.8 Å². The van der Waals surface area contributed by atoms with E-state index in [0.717, 1.165) is 25.2 Å². The van der Waals surface area contributed by atoms with Crippen molar-refractivity contribution in [3.8, 4) is 34.3 Å². The van der Waals surface area contributed by atoms with Gasteiger partial charge in [-0.25, -0.2) is 0 Å². The second-order valence-electron chi connectivity index (χ2n) is 12.8. The van der Waals surface area contributed by atoms with E-state index in [1.807, 2.05) is 19.9 Å². The van der Waals surface area contributed by atoms with Crippen LogP contribution in [0.1, 0.15) is 39.2 Å². The predicted molar refractivity (Wildman–Crippen MR) is 185 cm³/mol. The number of aromatic hydroxyl groups is 1. The summed E-state index contributed by atoms with van der Waals surface area (Å²) in [6.45, 7) is 10.6. The molecule has 0 amide bonds. The van der Waals surface area contributed by atoms with Crippen LogP contribution in [0.2, 0.25) is 0 Å². The molecule has 13 heteroatoms. The van der Waals surface area contributed by atoms with Crippen LogP contribution in [0.15, 0.2) is 51.2 Å². The highest BCUT2D eigenvalue weighted by Gasteiger charge is 2.44. The quantitative estimate of drug-likeness (QED) is 0.127. The molecule has 13 nitrogen and oxygen atoms in total. The molecule has 2 aliphatic heterocycles. The van der Waals surface area contributed by atoms with Crippen molar-refractivity contribution < 1.29 is 53.3 Å². The molecular weight excluding hydrogens is 650 g/mol. The van der Waals surface area contributed by atoms with Crippen LogP contribution >= 0.6 is 0 Å². The van der Waals surface area contributed by atoms with Gasteiger partial charge in [-0.2, -0.15) is 0 Å². The van der Waals surface area contributed by atoms with Gasteiger partial charge in [0, 0.05) is 23.7 Å². The summed E-state index contributed by atoms with van der Waals surface area (Å²) in [5.41, 5.74) is 1.30. The van der Waals surface area contributed by atoms with Gasteiger partial charge < -0.3 is 58.2 Å². The number of nitrogens with zero attached hydrogens (tertiary/aromatic N) is 1. The van der Waals surface area contributed by atoms with Crippen LogP contribution in [0.5, 0.6) is 23.0 Å². The summed E-state index contributed by atoms with van der Waals surface area (Å²) in [5.74, 6) is 0.0854. The molecule has 0 bridgehead atoms. The summed E-state index contributed by atoms with van der Waals surface area (Å²) in [6.07, 6.45) is -2.36. The van der Waals surface area contributed by atoms with Crippen molar-refractivity contribution in [1.82, 2.24) is 4.90 Å². The van der Waals surface area contributed by atoms with E-state index in [1.54, 1.807) is 24.3 Å². The summed E-state index contributed by atoms with van der Waals surface area (Å²) in [5, 5.41) is 42.4. The zero-order valence-corrected chi connectivity index (χ0v) is 29.1. The molecule has 3 aromatic rings. The number of aliphatic hydroxyl groups is 3. The minimum absolute atomic E-state index is 0.0164. The summed E-state index contributed by atoms with van der Waals surface area (Å²) in [4.78, 5) is 16.6. The standard InChI is InChI=1S/C37H49NO12/c1-22(2)7-12-26-28(47-20-19-46-18-17-45-16-15-38-13-5-6-14-38)21-27(39)29-31(41)36(50-37-33(43)32(42)30(40)23(3)48-37)34(49-35(26)29)24-8-10-25(44-4)11-9-24/h7-11,21,23,30,32-33,37,39-40,42-43H,5-6,12-20H2,1-4H3/t23-,30-,32+,33+,37-/m1/s1. The number of ether oxygens (including phenoxy) is 6. The third-order valence-electron chi connectivity index (χ3n) is 8.88. The van der Waals surface area contributed by atoms with E-state index in [0.29, 0.717) is 48.9 Å². The van der Waals surface area contributed by atoms with E-state index in [2.05, 4.69) is 4.90 Å². The Kier molecular flexibility index (Phi) is 13.1. The molecule has 0 spiro atoms. The van der Waals surface area contributed by atoms with Crippen molar-refractivity contribution in [3.63, 3.8) is 0 Å². The number of phenolic OH excluding ortho intramolecular Hbond substituents is 1. The van der Waals surface area contributed by atoms with Crippen LogP contribution in [0.25, 0.3) is 22.3 Å². The van der Waals surface area contributed by atoms with E-state index in [4.69, 9.17) is 32.8 Å². The van der Waals surface area contributed by atoms with E-state index < -0.39 is 41.9 Å². The Hall–Kier alpha value is -3.69. The molecule has 0 saturated carbocycles. The molecule has 4 N–H and O–H groups in total. The second kappa shape index (κ2) is 17.5. The van der Waals surface area contributed by atoms with E-state index in [9.17, 15) is 25.2 Å². The summed E-state index contributed by atoms with van der Waals surface area (Å²) < 4.78 is 40.8. The maximum absolute atomic E-state index is 14.2. The fraction of sp³-hybridized carbons (Fsp3) is 0.541. The molecule has 3 heterocycles. The van der Waals surface area contributed by atoms with Crippen LogP contribution in [0.3, 0.4) is 0 Å². The number of hydrogen-bond donors (Lipinski definition) is 4. The molecule has 0 unspecified atom stereocenters. The fourth-order valence-electron chi connectivity index (χ4n) is 5.99. The lowest BCUT2D eigenvalue weighted by Gasteiger charge is -2.38. The average molecular weight is 700 g/mol. The molecule has 50 heavy (non-hydrogen) atoms. The van der Waals surface area contributed by atoms with Crippen LogP contribution in [-0.2, 0) is 20.6 Å². The molecule has 0 radical (unpaired) electrons. The molecule has 2 saturated heterocycles. The highest BCUT2D eigenvalue weighted by Crippen LogP contribution is 2.40. The normalized spacial score (nSPS) is 22.5. The van der Waals surface area contributed by atoms with Crippen LogP contribution < -0.4 is 19.6 Å². The largest absolute Gasteiger partial charge is 0.507 e. The number of likely N-dealkylation sites (tertiary alicyclic amines) is 1. The van der Waals surface area contributed by atoms with Gasteiger partial charge >= 0.3 is 0 Å². The number of phenols is 1. The number of rotatable bonds is 16. The van der Waals surface area contributed by atoms with E-state index >= 15 is 0 Å². The number of fused-ring (bicyclic) bond motifs is 1. The van der Waals surface area contributed by atoms with Crippen molar-refractivity contribution in [1.29, 1.82) is 0 Å². The summed E-state index contributed by atoms with van der Waals surface area (Å²) in [7, 11) is 1.53. The Morgan fingerprint density at radius 1 is 0.960 bits per heavy atom. The summed E-state index contributed by atoms with van der Waals surface area (Å²) >= 11 is 0. The van der Waals surface area contributed by atoms with Crippen molar-refractivity contribution in [2.75, 3.05) is 59.8 Å². The Morgan fingerprint density at radius 3 is 2.32 bits per heavy atom. The van der Waals surface area contributed by atoms with Gasteiger partial charge in [-0.1, -0.05) is 11.6 Å². The third-order valence-corrected chi connectivity index (χ3v) is 8.88. The predicted octanol–water partition coefficient (Wildman–Crippen LogP) is 3.40. The number of methoxy groups -OCH3 is 1. The highest BCUT2D eigenvalue weighted by atomic mass is 16.7. The van der Waals surface area contributed by atoms with Crippen LogP contribution in [0.4, 0.5) is 0 Å². The molecule has 274 valence electrons. The second-order valence-corrected chi connectivity index (χ2v) is 12.8. The van der Waals surface area contributed by atoms with Crippen molar-refractivity contribution in [2.45, 2.75) is 70.7 Å². The van der Waals surface area contributed by atoms with Gasteiger partial charge in [0.2, 0.25) is 17.5 Å². The average Bonchev–Trinajstić information content (AvgIpc) is 3.63. The van der Waals surface area contributed by atoms with Gasteiger partial charge in [-0.15, -0.1) is 0 Å². The van der Waals surface area contributed by atoms with Crippen molar-refractivity contribution in [2.24, 2.45) is 0 Å². The van der Waals surface area contributed by atoms with Crippen molar-refractivity contribution >= 4 is 11.0 Å². The van der Waals surface area contributed by atoms with Crippen LogP contribution in [-0.4, -0.2) is 116 Å². The topological polar surface area (TPSA) is 170 Å². The molecule has 0 aliphatic carbocycles. The van der Waals surface area contributed by atoms with Gasteiger partial charge in [-0.05, 0) is 77.4 Å². The first-order chi connectivity index (χ1) is 24.1. The van der Waals surface area contributed by atoms with E-state index in [-0.39, 0.29) is 35.7 Å². The number of aliphatic hydroxyl groups excluding tert-OH is 3. The minimum atomic E-state index is -1.69. The first-order valence-corrected chi connectivity index (χ1v) is 17.1. The number of benzene rings is 2. The lowest BCUT2D eigenvalue weighted by Crippen LogP contribution is -2.58. The number of hydrogen-bond acceptors (Lipinski definition) is 13. The van der Waals surface area contributed by atoms with Gasteiger partial charge in [0.25, 0.3) is 0 Å². The molecule has 5 rings (SSSR count). The third kappa shape index (κ3) is 8.96. The Bertz CT molecular complexity index is 1650. The Balaban J connectivity index is 1.43. The Labute approximate surface area is 291 Å². The van der Waals surface area contributed by atoms with Gasteiger partial charge in [0.1, 0.15) is 53.1 Å². The maximum Gasteiger partial charge on any atom is 0.239 e. The molecule has 1 aromatic heterocycles. The summed E-state index contributed by atoms with van der Waals surface area (Å²) in [6, 6.07) is 8.05. The maximum atomic E-state index is 14.2. The fourth-order valence-corrected chi connectivity index (χ4v) is 5.99. The first kappa shape index (κ1) is 37.6. The Morgan fingerprint density at radius 2 is 1.64 bits per heavy atom. The van der Waals surface area contributed by atoms with Gasteiger partial charge in [0.05, 0.1) is 39.6 Å². The molecule has 2 aromatic carbocycles. The van der Waals surface area contributed by atoms with Crippen LogP contribution in [0, 0.1) is 0 Å². The lowest BCUT2D eigenvalue weighted by atomic mass is 10.00. The number of allylic oxidation sites excluding steroid dienone is 2. The molecule has 5 atom stereocenters. The molecule has 2 fully saturated rings. The first-order valence-electron chi connectivity index (χ1n) is 17.1.